The summed E-state index contributed by atoms with van der Waals surface area (Å²) in [6.07, 6.45) is 3.13. The van der Waals surface area contributed by atoms with Gasteiger partial charge in [-0.2, -0.15) is 5.26 Å². The van der Waals surface area contributed by atoms with Crippen LogP contribution in [0.4, 0.5) is 0 Å². The van der Waals surface area contributed by atoms with E-state index in [1.165, 1.54) is 16.9 Å². The maximum atomic E-state index is 12.0. The lowest BCUT2D eigenvalue weighted by atomic mass is 10.00. The molecular formula is C20H21N3O3S. The van der Waals surface area contributed by atoms with Crippen LogP contribution in [0.1, 0.15) is 36.9 Å². The Morgan fingerprint density at radius 1 is 1.30 bits per heavy atom. The highest BCUT2D eigenvalue weighted by molar-refractivity contribution is 7.13. The Hall–Kier alpha value is -2.72. The molecule has 140 valence electrons. The van der Waals surface area contributed by atoms with E-state index in [0.717, 1.165) is 23.4 Å². The Morgan fingerprint density at radius 3 is 2.67 bits per heavy atom. The summed E-state index contributed by atoms with van der Waals surface area (Å²) >= 11 is 1.46. The van der Waals surface area contributed by atoms with Crippen LogP contribution in [0.15, 0.2) is 29.6 Å². The summed E-state index contributed by atoms with van der Waals surface area (Å²) in [7, 11) is 0. The minimum absolute atomic E-state index is 0.0129. The van der Waals surface area contributed by atoms with Crippen molar-refractivity contribution in [3.8, 4) is 16.6 Å². The Balaban J connectivity index is 1.49. The highest BCUT2D eigenvalue weighted by Gasteiger charge is 2.35. The molecule has 27 heavy (non-hydrogen) atoms. The van der Waals surface area contributed by atoms with Crippen LogP contribution >= 0.6 is 11.3 Å². The topological polar surface area (TPSA) is 92.1 Å². The molecule has 1 saturated carbocycles. The van der Waals surface area contributed by atoms with Gasteiger partial charge in [0.25, 0.3) is 5.91 Å². The maximum absolute atomic E-state index is 12.0. The lowest BCUT2D eigenvalue weighted by Crippen LogP contribution is -2.46. The van der Waals surface area contributed by atoms with Crippen molar-refractivity contribution in [3.63, 3.8) is 0 Å². The SMILES string of the molecule is Cc1ccc(-c2nc(CC(=O)OCC(=O)NC3(C#N)CCCC3)cs2)cc1. The third kappa shape index (κ3) is 4.92. The summed E-state index contributed by atoms with van der Waals surface area (Å²) in [6.45, 7) is 1.64. The third-order valence-corrected chi connectivity index (χ3v) is 5.53. The summed E-state index contributed by atoms with van der Waals surface area (Å²) in [5.41, 5.74) is 1.99. The molecule has 0 atom stereocenters. The van der Waals surface area contributed by atoms with Gasteiger partial charge in [-0.1, -0.05) is 29.8 Å². The number of carbonyl (C=O) groups is 2. The van der Waals surface area contributed by atoms with E-state index in [0.29, 0.717) is 18.5 Å². The van der Waals surface area contributed by atoms with Crippen LogP contribution in [0.5, 0.6) is 0 Å². The standard InChI is InChI=1S/C20H21N3O3S/c1-14-4-6-15(7-5-14)19-22-16(12-27-19)10-18(25)26-11-17(24)23-20(13-21)8-2-3-9-20/h4-7,12H,2-3,8-11H2,1H3,(H,23,24). The van der Waals surface area contributed by atoms with Gasteiger partial charge in [0.1, 0.15) is 10.5 Å². The first-order valence-corrected chi connectivity index (χ1v) is 9.77. The summed E-state index contributed by atoms with van der Waals surface area (Å²) in [5, 5.41) is 14.6. The molecule has 1 aromatic carbocycles. The molecule has 1 heterocycles. The van der Waals surface area contributed by atoms with Gasteiger partial charge in [0.05, 0.1) is 18.2 Å². The van der Waals surface area contributed by atoms with E-state index >= 15 is 0 Å². The van der Waals surface area contributed by atoms with Gasteiger partial charge >= 0.3 is 5.97 Å². The number of aromatic nitrogens is 1. The van der Waals surface area contributed by atoms with Crippen molar-refractivity contribution in [3.05, 3.63) is 40.9 Å². The van der Waals surface area contributed by atoms with Crippen LogP contribution in [0, 0.1) is 18.3 Å². The minimum atomic E-state index is -0.804. The second-order valence-electron chi connectivity index (χ2n) is 6.80. The smallest absolute Gasteiger partial charge is 0.312 e. The number of nitrogens with one attached hydrogen (secondary N) is 1. The summed E-state index contributed by atoms with van der Waals surface area (Å²) in [6, 6.07) is 10.2. The van der Waals surface area contributed by atoms with Gasteiger partial charge in [-0.3, -0.25) is 9.59 Å². The number of ether oxygens (including phenoxy) is 1. The molecule has 6 nitrogen and oxygen atoms in total. The predicted octanol–water partition coefficient (Wildman–Crippen LogP) is 3.16. The third-order valence-electron chi connectivity index (χ3n) is 4.59. The number of hydrogen-bond donors (Lipinski definition) is 1. The van der Waals surface area contributed by atoms with Crippen LogP contribution in [0.3, 0.4) is 0 Å². The zero-order chi connectivity index (χ0) is 19.3. The number of esters is 1. The van der Waals surface area contributed by atoms with Gasteiger partial charge in [0, 0.05) is 10.9 Å². The molecule has 1 fully saturated rings. The van der Waals surface area contributed by atoms with Crippen molar-refractivity contribution < 1.29 is 14.3 Å². The van der Waals surface area contributed by atoms with Crippen LogP contribution in [0.25, 0.3) is 10.6 Å². The molecule has 1 aliphatic carbocycles. The highest BCUT2D eigenvalue weighted by Crippen LogP contribution is 2.28. The Bertz CT molecular complexity index is 861. The van der Waals surface area contributed by atoms with E-state index in [-0.39, 0.29) is 13.0 Å². The Morgan fingerprint density at radius 2 is 2.00 bits per heavy atom. The van der Waals surface area contributed by atoms with Gasteiger partial charge in [0.15, 0.2) is 6.61 Å². The van der Waals surface area contributed by atoms with Crippen molar-refractivity contribution in [2.75, 3.05) is 6.61 Å². The molecule has 0 aliphatic heterocycles. The molecule has 3 rings (SSSR count). The van der Waals surface area contributed by atoms with E-state index < -0.39 is 17.4 Å². The number of amides is 1. The fourth-order valence-electron chi connectivity index (χ4n) is 3.11. The van der Waals surface area contributed by atoms with Gasteiger partial charge in [0.2, 0.25) is 0 Å². The van der Waals surface area contributed by atoms with E-state index in [1.54, 1.807) is 0 Å². The zero-order valence-electron chi connectivity index (χ0n) is 15.2. The van der Waals surface area contributed by atoms with Crippen molar-refractivity contribution >= 4 is 23.2 Å². The van der Waals surface area contributed by atoms with Gasteiger partial charge in [-0.05, 0) is 32.6 Å². The highest BCUT2D eigenvalue weighted by atomic mass is 32.1. The second-order valence-corrected chi connectivity index (χ2v) is 7.65. The van der Waals surface area contributed by atoms with Crippen molar-refractivity contribution in [2.45, 2.75) is 44.6 Å². The van der Waals surface area contributed by atoms with E-state index in [1.807, 2.05) is 36.6 Å². The molecule has 1 N–H and O–H groups in total. The predicted molar refractivity (Wildman–Crippen MR) is 102 cm³/mol. The molecule has 0 unspecified atom stereocenters. The molecule has 0 bridgehead atoms. The monoisotopic (exact) mass is 383 g/mol. The lowest BCUT2D eigenvalue weighted by molar-refractivity contribution is -0.148. The van der Waals surface area contributed by atoms with Gasteiger partial charge in [-0.15, -0.1) is 11.3 Å². The van der Waals surface area contributed by atoms with Crippen molar-refractivity contribution in [1.29, 1.82) is 5.26 Å². The first-order valence-electron chi connectivity index (χ1n) is 8.89. The second kappa shape index (κ2) is 8.31. The summed E-state index contributed by atoms with van der Waals surface area (Å²) in [5.74, 6) is -0.950. The lowest BCUT2D eigenvalue weighted by Gasteiger charge is -2.21. The number of rotatable bonds is 6. The molecule has 0 radical (unpaired) electrons. The largest absolute Gasteiger partial charge is 0.455 e. The van der Waals surface area contributed by atoms with Gasteiger partial charge in [-0.25, -0.2) is 4.98 Å². The van der Waals surface area contributed by atoms with Crippen LogP contribution in [-0.2, 0) is 20.7 Å². The molecule has 0 spiro atoms. The average molecular weight is 383 g/mol. The molecule has 7 heteroatoms. The number of hydrogen-bond acceptors (Lipinski definition) is 6. The Kier molecular flexibility index (Phi) is 5.87. The van der Waals surface area contributed by atoms with E-state index in [9.17, 15) is 14.9 Å². The fraction of sp³-hybridized carbons (Fsp3) is 0.400. The quantitative estimate of drug-likeness (QED) is 0.774. The number of aryl methyl sites for hydroxylation is 1. The zero-order valence-corrected chi connectivity index (χ0v) is 16.0. The molecule has 1 aliphatic rings. The number of nitriles is 1. The molecule has 2 aromatic rings. The molecule has 1 aromatic heterocycles. The van der Waals surface area contributed by atoms with Crippen LogP contribution in [0.2, 0.25) is 0 Å². The number of nitrogens with zero attached hydrogens (tertiary/aromatic N) is 2. The average Bonchev–Trinajstić information content (AvgIpc) is 3.31. The maximum Gasteiger partial charge on any atom is 0.312 e. The van der Waals surface area contributed by atoms with Crippen molar-refractivity contribution in [1.82, 2.24) is 10.3 Å². The molecular weight excluding hydrogens is 362 g/mol. The summed E-state index contributed by atoms with van der Waals surface area (Å²) < 4.78 is 5.04. The first-order chi connectivity index (χ1) is 13.0. The van der Waals surface area contributed by atoms with E-state index in [4.69, 9.17) is 4.74 Å². The van der Waals surface area contributed by atoms with Crippen LogP contribution in [-0.4, -0.2) is 29.0 Å². The van der Waals surface area contributed by atoms with Crippen LogP contribution < -0.4 is 5.32 Å². The number of thiazole rings is 1. The van der Waals surface area contributed by atoms with Gasteiger partial charge < -0.3 is 10.1 Å². The van der Waals surface area contributed by atoms with E-state index in [2.05, 4.69) is 16.4 Å². The summed E-state index contributed by atoms with van der Waals surface area (Å²) in [4.78, 5) is 28.4. The number of carbonyl (C=O) groups excluding carboxylic acids is 2. The fourth-order valence-corrected chi connectivity index (χ4v) is 3.93. The molecule has 0 saturated heterocycles. The normalized spacial score (nSPS) is 15.1. The first kappa shape index (κ1) is 19.1. The van der Waals surface area contributed by atoms with Crippen molar-refractivity contribution in [2.24, 2.45) is 0 Å². The number of benzene rings is 1. The minimum Gasteiger partial charge on any atom is -0.455 e. The Labute approximate surface area is 162 Å². The molecule has 1 amide bonds.